The highest BCUT2D eigenvalue weighted by Crippen LogP contribution is 2.25. The van der Waals surface area contributed by atoms with Crippen molar-refractivity contribution in [2.45, 2.75) is 34.2 Å². The van der Waals surface area contributed by atoms with Gasteiger partial charge in [0.15, 0.2) is 6.61 Å². The van der Waals surface area contributed by atoms with Crippen LogP contribution in [-0.4, -0.2) is 31.2 Å². The number of nitrogens with one attached hydrogen (secondary N) is 2. The molecule has 0 radical (unpaired) electrons. The van der Waals surface area contributed by atoms with Gasteiger partial charge in [-0.2, -0.15) is 0 Å². The Kier molecular flexibility index (Phi) is 9.05. The van der Waals surface area contributed by atoms with Gasteiger partial charge in [0.25, 0.3) is 11.8 Å². The molecule has 8 heteroatoms. The van der Waals surface area contributed by atoms with Gasteiger partial charge in [-0.15, -0.1) is 0 Å². The van der Waals surface area contributed by atoms with Crippen LogP contribution in [0.1, 0.15) is 39.5 Å². The van der Waals surface area contributed by atoms with Crippen molar-refractivity contribution in [3.63, 3.8) is 0 Å². The average molecular weight is 491 g/mol. The van der Waals surface area contributed by atoms with Crippen molar-refractivity contribution in [2.75, 3.05) is 18.5 Å². The Morgan fingerprint density at radius 2 is 1.56 bits per heavy atom. The first kappa shape index (κ1) is 26.3. The van der Waals surface area contributed by atoms with Gasteiger partial charge in [-0.05, 0) is 80.3 Å². The van der Waals surface area contributed by atoms with Gasteiger partial charge in [0.1, 0.15) is 11.5 Å². The lowest BCUT2D eigenvalue weighted by molar-refractivity contribution is -0.118. The van der Waals surface area contributed by atoms with Crippen LogP contribution in [0.4, 0.5) is 10.5 Å². The molecule has 188 valence electrons. The summed E-state index contributed by atoms with van der Waals surface area (Å²) in [5.74, 6) is 0.375. The number of benzene rings is 3. The smallest absolute Gasteiger partial charge is 0.483 e. The van der Waals surface area contributed by atoms with E-state index in [0.29, 0.717) is 17.0 Å². The number of hydrogen-bond acceptors (Lipinski definition) is 6. The molecule has 0 spiro atoms. The zero-order valence-corrected chi connectivity index (χ0v) is 20.8. The Labute approximate surface area is 210 Å². The number of rotatable bonds is 9. The van der Waals surface area contributed by atoms with Gasteiger partial charge in [-0.1, -0.05) is 30.3 Å². The molecule has 36 heavy (non-hydrogen) atoms. The van der Waals surface area contributed by atoms with Crippen LogP contribution in [-0.2, 0) is 16.1 Å². The number of anilines is 1. The Bertz CT molecular complexity index is 1240. The SMILES string of the molecule is CCOC(=O)Oc1ccc(C(=O)NCc2ccccc2NC(=O)COc2c(C)ccc(C)c2C)cc1. The van der Waals surface area contributed by atoms with Gasteiger partial charge in [-0.3, -0.25) is 9.59 Å². The number of hydrogen-bond donors (Lipinski definition) is 2. The highest BCUT2D eigenvalue weighted by Gasteiger charge is 2.13. The highest BCUT2D eigenvalue weighted by atomic mass is 16.7. The third kappa shape index (κ3) is 7.09. The first-order valence-corrected chi connectivity index (χ1v) is 11.6. The molecule has 0 fully saturated rings. The first-order chi connectivity index (χ1) is 17.3. The molecule has 3 rings (SSSR count). The highest BCUT2D eigenvalue weighted by molar-refractivity contribution is 5.95. The van der Waals surface area contributed by atoms with E-state index in [2.05, 4.69) is 10.6 Å². The van der Waals surface area contributed by atoms with Crippen molar-refractivity contribution in [1.29, 1.82) is 0 Å². The zero-order valence-electron chi connectivity index (χ0n) is 20.8. The van der Waals surface area contributed by atoms with Crippen LogP contribution in [0.15, 0.2) is 60.7 Å². The molecule has 8 nitrogen and oxygen atoms in total. The second kappa shape index (κ2) is 12.4. The lowest BCUT2D eigenvalue weighted by Crippen LogP contribution is -2.25. The van der Waals surface area contributed by atoms with Crippen molar-refractivity contribution in [2.24, 2.45) is 0 Å². The standard InChI is InChI=1S/C28H30N2O6/c1-5-34-28(33)36-23-14-12-21(13-15-23)27(32)29-16-22-8-6-7-9-24(22)30-25(31)17-35-26-19(3)11-10-18(2)20(26)4/h6-15H,5,16-17H2,1-4H3,(H,29,32)(H,30,31). The molecule has 0 aromatic heterocycles. The van der Waals surface area contributed by atoms with E-state index >= 15 is 0 Å². The van der Waals surface area contributed by atoms with Crippen LogP contribution in [0.3, 0.4) is 0 Å². The Morgan fingerprint density at radius 1 is 0.861 bits per heavy atom. The molecule has 0 bridgehead atoms. The van der Waals surface area contributed by atoms with Gasteiger partial charge in [0.05, 0.1) is 6.61 Å². The van der Waals surface area contributed by atoms with Crippen LogP contribution in [0.5, 0.6) is 11.5 Å². The van der Waals surface area contributed by atoms with Crippen molar-refractivity contribution in [3.05, 3.63) is 88.5 Å². The molecule has 2 N–H and O–H groups in total. The average Bonchev–Trinajstić information content (AvgIpc) is 2.86. The number of ether oxygens (including phenoxy) is 3. The fourth-order valence-electron chi connectivity index (χ4n) is 3.46. The topological polar surface area (TPSA) is 103 Å². The van der Waals surface area contributed by atoms with Gasteiger partial charge >= 0.3 is 6.16 Å². The van der Waals surface area contributed by atoms with E-state index in [9.17, 15) is 14.4 Å². The normalized spacial score (nSPS) is 10.3. The summed E-state index contributed by atoms with van der Waals surface area (Å²) < 4.78 is 15.5. The molecular formula is C28H30N2O6. The number of carbonyl (C=O) groups excluding carboxylic acids is 3. The van der Waals surface area contributed by atoms with Crippen LogP contribution in [0, 0.1) is 20.8 Å². The monoisotopic (exact) mass is 490 g/mol. The minimum Gasteiger partial charge on any atom is -0.483 e. The summed E-state index contributed by atoms with van der Waals surface area (Å²) in [6, 6.07) is 17.3. The predicted octanol–water partition coefficient (Wildman–Crippen LogP) is 5.09. The fraction of sp³-hybridized carbons (Fsp3) is 0.250. The Balaban J connectivity index is 1.57. The largest absolute Gasteiger partial charge is 0.513 e. The molecule has 3 aromatic rings. The minimum atomic E-state index is -0.803. The second-order valence-corrected chi connectivity index (χ2v) is 8.14. The van der Waals surface area contributed by atoms with Gasteiger partial charge in [0, 0.05) is 17.8 Å². The molecule has 0 saturated heterocycles. The predicted molar refractivity (Wildman–Crippen MR) is 136 cm³/mol. The van der Waals surface area contributed by atoms with Gasteiger partial charge in [0.2, 0.25) is 0 Å². The zero-order chi connectivity index (χ0) is 26.1. The summed E-state index contributed by atoms with van der Waals surface area (Å²) in [7, 11) is 0. The molecule has 0 aliphatic carbocycles. The summed E-state index contributed by atoms with van der Waals surface area (Å²) in [6.45, 7) is 7.87. The maximum atomic E-state index is 12.6. The maximum absolute atomic E-state index is 12.6. The van der Waals surface area contributed by atoms with E-state index in [0.717, 1.165) is 22.3 Å². The molecule has 0 aliphatic heterocycles. The van der Waals surface area contributed by atoms with Crippen molar-refractivity contribution in [1.82, 2.24) is 5.32 Å². The molecule has 0 unspecified atom stereocenters. The Morgan fingerprint density at radius 3 is 2.28 bits per heavy atom. The van der Waals surface area contributed by atoms with Crippen LogP contribution < -0.4 is 20.1 Å². The lowest BCUT2D eigenvalue weighted by atomic mass is 10.1. The molecule has 0 atom stereocenters. The summed E-state index contributed by atoms with van der Waals surface area (Å²) in [6.07, 6.45) is -0.803. The molecule has 2 amide bonds. The summed E-state index contributed by atoms with van der Waals surface area (Å²) in [4.78, 5) is 36.6. The van der Waals surface area contributed by atoms with Gasteiger partial charge in [-0.25, -0.2) is 4.79 Å². The first-order valence-electron chi connectivity index (χ1n) is 11.6. The van der Waals surface area contributed by atoms with Gasteiger partial charge < -0.3 is 24.8 Å². The van der Waals surface area contributed by atoms with E-state index in [1.54, 1.807) is 31.2 Å². The number of para-hydroxylation sites is 1. The van der Waals surface area contributed by atoms with Crippen molar-refractivity contribution in [3.8, 4) is 11.5 Å². The number of aryl methyl sites for hydroxylation is 2. The Hall–Kier alpha value is -4.33. The molecule has 0 heterocycles. The minimum absolute atomic E-state index is 0.133. The number of amides is 2. The molecule has 3 aromatic carbocycles. The number of carbonyl (C=O) groups is 3. The molecular weight excluding hydrogens is 460 g/mol. The third-order valence-corrected chi connectivity index (χ3v) is 5.53. The summed E-state index contributed by atoms with van der Waals surface area (Å²) >= 11 is 0. The maximum Gasteiger partial charge on any atom is 0.513 e. The van der Waals surface area contributed by atoms with E-state index in [1.165, 1.54) is 12.1 Å². The van der Waals surface area contributed by atoms with E-state index in [4.69, 9.17) is 14.2 Å². The van der Waals surface area contributed by atoms with Crippen LogP contribution in [0.2, 0.25) is 0 Å². The second-order valence-electron chi connectivity index (χ2n) is 8.14. The molecule has 0 saturated carbocycles. The van der Waals surface area contributed by atoms with E-state index in [1.807, 2.05) is 45.0 Å². The quantitative estimate of drug-likeness (QED) is 0.320. The van der Waals surface area contributed by atoms with Crippen molar-refractivity contribution < 1.29 is 28.6 Å². The van der Waals surface area contributed by atoms with Crippen LogP contribution >= 0.6 is 0 Å². The third-order valence-electron chi connectivity index (χ3n) is 5.53. The summed E-state index contributed by atoms with van der Waals surface area (Å²) in [5, 5.41) is 5.69. The van der Waals surface area contributed by atoms with E-state index in [-0.39, 0.29) is 37.3 Å². The lowest BCUT2D eigenvalue weighted by Gasteiger charge is -2.15. The van der Waals surface area contributed by atoms with Crippen molar-refractivity contribution >= 4 is 23.7 Å². The summed E-state index contributed by atoms with van der Waals surface area (Å²) in [5.41, 5.74) is 4.79. The van der Waals surface area contributed by atoms with Crippen LogP contribution in [0.25, 0.3) is 0 Å². The molecule has 0 aliphatic rings. The van der Waals surface area contributed by atoms with E-state index < -0.39 is 6.16 Å². The fourth-order valence-corrected chi connectivity index (χ4v) is 3.46.